The van der Waals surface area contributed by atoms with Gasteiger partial charge in [0.2, 0.25) is 0 Å². The van der Waals surface area contributed by atoms with Crippen LogP contribution in [-0.2, 0) is 4.79 Å². The SMILES string of the molecule is CCCC1CCC(C2CCC(c3ccc(OC(=O)C4CC4(Cl)Cl)cc3)CC2)CC1. The van der Waals surface area contributed by atoms with Crippen LogP contribution >= 0.6 is 23.2 Å². The molecule has 3 fully saturated rings. The summed E-state index contributed by atoms with van der Waals surface area (Å²) in [6.07, 6.45) is 14.5. The van der Waals surface area contributed by atoms with Crippen LogP contribution in [0.3, 0.4) is 0 Å². The lowest BCUT2D eigenvalue weighted by atomic mass is 9.68. The molecular formula is C25H34Cl2O2. The number of ether oxygens (including phenoxy) is 1. The van der Waals surface area contributed by atoms with E-state index < -0.39 is 10.3 Å². The zero-order valence-electron chi connectivity index (χ0n) is 17.5. The Kier molecular flexibility index (Phi) is 6.81. The third kappa shape index (κ3) is 5.31. The molecule has 3 aliphatic rings. The molecule has 1 unspecified atom stereocenters. The first-order valence-electron chi connectivity index (χ1n) is 11.7. The molecule has 0 radical (unpaired) electrons. The van der Waals surface area contributed by atoms with Gasteiger partial charge in [-0.2, -0.15) is 0 Å². The van der Waals surface area contributed by atoms with Gasteiger partial charge in [0.1, 0.15) is 10.1 Å². The average Bonchev–Trinajstić information content (AvgIpc) is 3.38. The lowest BCUT2D eigenvalue weighted by Crippen LogP contribution is -2.25. The van der Waals surface area contributed by atoms with Crippen molar-refractivity contribution >= 4 is 29.2 Å². The molecule has 1 aromatic carbocycles. The summed E-state index contributed by atoms with van der Waals surface area (Å²) >= 11 is 11.9. The number of esters is 1. The Hall–Kier alpha value is -0.730. The number of carbonyl (C=O) groups is 1. The van der Waals surface area contributed by atoms with E-state index in [0.717, 1.165) is 17.8 Å². The highest BCUT2D eigenvalue weighted by molar-refractivity contribution is 6.52. The number of carbonyl (C=O) groups excluding carboxylic acids is 1. The van der Waals surface area contributed by atoms with Gasteiger partial charge in [-0.25, -0.2) is 0 Å². The number of rotatable bonds is 6. The fourth-order valence-electron chi connectivity index (χ4n) is 5.74. The van der Waals surface area contributed by atoms with Gasteiger partial charge in [-0.1, -0.05) is 44.7 Å². The molecule has 0 aliphatic heterocycles. The fourth-order valence-corrected chi connectivity index (χ4v) is 6.23. The standard InChI is InChI=1S/C25H34Cl2O2/c1-2-3-17-4-6-18(7-5-17)19-8-10-20(11-9-19)21-12-14-22(15-13-21)29-24(28)23-16-25(23,26)27/h12-15,17-20,23H,2-11,16H2,1H3. The highest BCUT2D eigenvalue weighted by Gasteiger charge is 2.57. The smallest absolute Gasteiger partial charge is 0.317 e. The van der Waals surface area contributed by atoms with Crippen LogP contribution in [0.1, 0.15) is 89.0 Å². The Morgan fingerprint density at radius 2 is 1.52 bits per heavy atom. The molecule has 1 aromatic rings. The predicted molar refractivity (Wildman–Crippen MR) is 120 cm³/mol. The third-order valence-corrected chi connectivity index (χ3v) is 8.54. The van der Waals surface area contributed by atoms with E-state index in [-0.39, 0.29) is 5.97 Å². The van der Waals surface area contributed by atoms with E-state index in [1.807, 2.05) is 12.1 Å². The summed E-state index contributed by atoms with van der Waals surface area (Å²) in [5.74, 6) is 3.45. The Morgan fingerprint density at radius 1 is 0.966 bits per heavy atom. The van der Waals surface area contributed by atoms with Crippen LogP contribution < -0.4 is 4.74 Å². The second-order valence-corrected chi connectivity index (χ2v) is 11.2. The molecule has 0 spiro atoms. The minimum absolute atomic E-state index is 0.322. The summed E-state index contributed by atoms with van der Waals surface area (Å²) in [6, 6.07) is 8.10. The first kappa shape index (κ1) is 21.5. The van der Waals surface area contributed by atoms with Gasteiger partial charge < -0.3 is 4.74 Å². The summed E-state index contributed by atoms with van der Waals surface area (Å²) in [5.41, 5.74) is 1.38. The maximum atomic E-state index is 12.0. The molecule has 0 aromatic heterocycles. The van der Waals surface area contributed by atoms with Crippen molar-refractivity contribution in [2.24, 2.45) is 23.7 Å². The van der Waals surface area contributed by atoms with E-state index in [2.05, 4.69) is 19.1 Å². The molecule has 160 valence electrons. The Labute approximate surface area is 185 Å². The van der Waals surface area contributed by atoms with Crippen molar-refractivity contribution in [2.75, 3.05) is 0 Å². The number of hydrogen-bond donors (Lipinski definition) is 0. The van der Waals surface area contributed by atoms with Gasteiger partial charge in [-0.15, -0.1) is 23.2 Å². The largest absolute Gasteiger partial charge is 0.426 e. The van der Waals surface area contributed by atoms with Gasteiger partial charge in [0.15, 0.2) is 0 Å². The topological polar surface area (TPSA) is 26.3 Å². The number of halogens is 2. The van der Waals surface area contributed by atoms with Crippen LogP contribution in [-0.4, -0.2) is 10.3 Å². The van der Waals surface area contributed by atoms with Crippen LogP contribution in [0, 0.1) is 23.7 Å². The fraction of sp³-hybridized carbons (Fsp3) is 0.720. The lowest BCUT2D eigenvalue weighted by Gasteiger charge is -2.38. The van der Waals surface area contributed by atoms with Gasteiger partial charge in [0, 0.05) is 0 Å². The minimum Gasteiger partial charge on any atom is -0.426 e. The molecule has 4 rings (SSSR count). The van der Waals surface area contributed by atoms with Crippen LogP contribution in [0.5, 0.6) is 5.75 Å². The Balaban J connectivity index is 1.23. The molecule has 3 saturated carbocycles. The van der Waals surface area contributed by atoms with E-state index in [1.165, 1.54) is 69.8 Å². The monoisotopic (exact) mass is 436 g/mol. The average molecular weight is 437 g/mol. The molecule has 0 heterocycles. The van der Waals surface area contributed by atoms with Crippen molar-refractivity contribution in [2.45, 2.75) is 87.8 Å². The normalized spacial score (nSPS) is 33.8. The number of alkyl halides is 2. The molecule has 4 heteroatoms. The van der Waals surface area contributed by atoms with E-state index >= 15 is 0 Å². The second kappa shape index (κ2) is 9.18. The van der Waals surface area contributed by atoms with Gasteiger partial charge in [-0.3, -0.25) is 4.79 Å². The molecule has 0 amide bonds. The highest BCUT2D eigenvalue weighted by Crippen LogP contribution is 2.53. The molecule has 0 saturated heterocycles. The van der Waals surface area contributed by atoms with Crippen LogP contribution in [0.25, 0.3) is 0 Å². The maximum Gasteiger partial charge on any atom is 0.317 e. The minimum atomic E-state index is -0.926. The zero-order chi connectivity index (χ0) is 20.4. The van der Waals surface area contributed by atoms with Gasteiger partial charge in [-0.05, 0) is 86.3 Å². The van der Waals surface area contributed by atoms with Crippen molar-refractivity contribution in [3.8, 4) is 5.75 Å². The Bertz CT molecular complexity index is 683. The van der Waals surface area contributed by atoms with Crippen LogP contribution in [0.2, 0.25) is 0 Å². The molecule has 2 nitrogen and oxygen atoms in total. The van der Waals surface area contributed by atoms with E-state index in [0.29, 0.717) is 18.1 Å². The molecule has 0 N–H and O–H groups in total. The quantitative estimate of drug-likeness (QED) is 0.259. The van der Waals surface area contributed by atoms with Crippen molar-refractivity contribution < 1.29 is 9.53 Å². The highest BCUT2D eigenvalue weighted by atomic mass is 35.5. The predicted octanol–water partition coefficient (Wildman–Crippen LogP) is 7.67. The zero-order valence-corrected chi connectivity index (χ0v) is 19.1. The molecule has 29 heavy (non-hydrogen) atoms. The van der Waals surface area contributed by atoms with Crippen molar-refractivity contribution in [1.82, 2.24) is 0 Å². The summed E-state index contributed by atoms with van der Waals surface area (Å²) in [5, 5.41) is 0. The molecular weight excluding hydrogens is 403 g/mol. The Morgan fingerprint density at radius 3 is 2.03 bits per heavy atom. The third-order valence-electron chi connectivity index (χ3n) is 7.71. The van der Waals surface area contributed by atoms with Gasteiger partial charge in [0.25, 0.3) is 0 Å². The van der Waals surface area contributed by atoms with Crippen LogP contribution in [0.4, 0.5) is 0 Å². The van der Waals surface area contributed by atoms with Gasteiger partial charge >= 0.3 is 5.97 Å². The molecule has 0 bridgehead atoms. The summed E-state index contributed by atoms with van der Waals surface area (Å²) < 4.78 is 4.51. The molecule has 1 atom stereocenters. The first-order chi connectivity index (χ1) is 14.0. The summed E-state index contributed by atoms with van der Waals surface area (Å²) in [6.45, 7) is 2.32. The molecule has 3 aliphatic carbocycles. The summed E-state index contributed by atoms with van der Waals surface area (Å²) in [7, 11) is 0. The van der Waals surface area contributed by atoms with Gasteiger partial charge in [0.05, 0.1) is 5.92 Å². The lowest BCUT2D eigenvalue weighted by molar-refractivity contribution is -0.135. The van der Waals surface area contributed by atoms with Crippen LogP contribution in [0.15, 0.2) is 24.3 Å². The number of hydrogen-bond acceptors (Lipinski definition) is 2. The second-order valence-electron chi connectivity index (χ2n) is 9.69. The van der Waals surface area contributed by atoms with E-state index in [4.69, 9.17) is 27.9 Å². The van der Waals surface area contributed by atoms with Crippen molar-refractivity contribution in [3.05, 3.63) is 29.8 Å². The first-order valence-corrected chi connectivity index (χ1v) is 12.4. The summed E-state index contributed by atoms with van der Waals surface area (Å²) in [4.78, 5) is 12.0. The number of benzene rings is 1. The maximum absolute atomic E-state index is 12.0. The van der Waals surface area contributed by atoms with Crippen molar-refractivity contribution in [3.63, 3.8) is 0 Å². The van der Waals surface area contributed by atoms with E-state index in [1.54, 1.807) is 0 Å². The van der Waals surface area contributed by atoms with Crippen molar-refractivity contribution in [1.29, 1.82) is 0 Å². The van der Waals surface area contributed by atoms with E-state index in [9.17, 15) is 4.79 Å².